The summed E-state index contributed by atoms with van der Waals surface area (Å²) in [5, 5.41) is 20.5. The maximum Gasteiger partial charge on any atom is 0.416 e. The molecule has 0 bridgehead atoms. The molecule has 1 saturated heterocycles. The SMILES string of the molecule is CCC1=NN=C(C2CCN(C(=O)/C=C/c3ccc(C(F)(F)F)cc3Cn3nnc(C)n3)CC2)C1CC. The Hall–Kier alpha value is -3.37. The Labute approximate surface area is 208 Å². The van der Waals surface area contributed by atoms with E-state index in [1.165, 1.54) is 16.9 Å². The lowest BCUT2D eigenvalue weighted by Crippen LogP contribution is -2.41. The lowest BCUT2D eigenvalue weighted by atomic mass is 9.81. The highest BCUT2D eigenvalue weighted by molar-refractivity contribution is 6.11. The molecule has 0 N–H and O–H groups in total. The van der Waals surface area contributed by atoms with E-state index in [2.05, 4.69) is 39.5 Å². The first kappa shape index (κ1) is 25.7. The van der Waals surface area contributed by atoms with Crippen molar-refractivity contribution in [3.8, 4) is 0 Å². The Morgan fingerprint density at radius 2 is 1.92 bits per heavy atom. The van der Waals surface area contributed by atoms with Crippen molar-refractivity contribution in [3.63, 3.8) is 0 Å². The van der Waals surface area contributed by atoms with Crippen LogP contribution in [0.1, 0.15) is 62.0 Å². The number of piperidine rings is 1. The van der Waals surface area contributed by atoms with Gasteiger partial charge in [-0.15, -0.1) is 10.2 Å². The molecule has 2 aromatic rings. The maximum atomic E-state index is 13.3. The summed E-state index contributed by atoms with van der Waals surface area (Å²) in [6.45, 7) is 7.11. The van der Waals surface area contributed by atoms with E-state index in [4.69, 9.17) is 0 Å². The van der Waals surface area contributed by atoms with Gasteiger partial charge in [-0.05, 0) is 67.2 Å². The fourth-order valence-corrected chi connectivity index (χ4v) is 4.85. The van der Waals surface area contributed by atoms with Crippen molar-refractivity contribution in [2.24, 2.45) is 22.0 Å². The van der Waals surface area contributed by atoms with E-state index in [1.54, 1.807) is 17.9 Å². The highest BCUT2D eigenvalue weighted by atomic mass is 19.4. The van der Waals surface area contributed by atoms with Gasteiger partial charge in [0.1, 0.15) is 0 Å². The number of nitrogens with zero attached hydrogens (tertiary/aromatic N) is 7. The summed E-state index contributed by atoms with van der Waals surface area (Å²) in [6.07, 6.45) is 2.02. The van der Waals surface area contributed by atoms with E-state index >= 15 is 0 Å². The van der Waals surface area contributed by atoms with Crippen LogP contribution >= 0.6 is 0 Å². The third kappa shape index (κ3) is 5.71. The number of benzene rings is 1. The van der Waals surface area contributed by atoms with E-state index < -0.39 is 11.7 Å². The third-order valence-electron chi connectivity index (χ3n) is 6.79. The van der Waals surface area contributed by atoms with Crippen molar-refractivity contribution in [2.45, 2.75) is 59.2 Å². The smallest absolute Gasteiger partial charge is 0.339 e. The molecular formula is C25H30F3N7O. The van der Waals surface area contributed by atoms with Crippen molar-refractivity contribution < 1.29 is 18.0 Å². The Kier molecular flexibility index (Phi) is 7.65. The zero-order valence-corrected chi connectivity index (χ0v) is 20.7. The lowest BCUT2D eigenvalue weighted by molar-refractivity contribution is -0.137. The molecule has 0 saturated carbocycles. The zero-order valence-electron chi connectivity index (χ0n) is 20.7. The predicted octanol–water partition coefficient (Wildman–Crippen LogP) is 4.55. The highest BCUT2D eigenvalue weighted by Gasteiger charge is 2.33. The number of amides is 1. The largest absolute Gasteiger partial charge is 0.416 e. The molecule has 1 fully saturated rings. The average Bonchev–Trinajstić information content (AvgIpc) is 3.47. The van der Waals surface area contributed by atoms with Gasteiger partial charge in [-0.2, -0.15) is 28.2 Å². The Morgan fingerprint density at radius 1 is 1.17 bits per heavy atom. The van der Waals surface area contributed by atoms with Crippen molar-refractivity contribution in [3.05, 3.63) is 46.8 Å². The Morgan fingerprint density at radius 3 is 2.53 bits per heavy atom. The molecule has 0 aliphatic carbocycles. The molecule has 1 amide bonds. The first-order valence-corrected chi connectivity index (χ1v) is 12.2. The second kappa shape index (κ2) is 10.7. The zero-order chi connectivity index (χ0) is 25.9. The summed E-state index contributed by atoms with van der Waals surface area (Å²) >= 11 is 0. The van der Waals surface area contributed by atoms with Crippen LogP contribution in [0.15, 0.2) is 34.5 Å². The molecule has 1 unspecified atom stereocenters. The van der Waals surface area contributed by atoms with Crippen LogP contribution in [-0.4, -0.2) is 55.5 Å². The van der Waals surface area contributed by atoms with Crippen LogP contribution in [0.5, 0.6) is 0 Å². The monoisotopic (exact) mass is 501 g/mol. The van der Waals surface area contributed by atoms with Crippen LogP contribution < -0.4 is 0 Å². The van der Waals surface area contributed by atoms with Gasteiger partial charge in [0.05, 0.1) is 17.8 Å². The molecule has 4 rings (SSSR count). The number of likely N-dealkylation sites (tertiary alicyclic amines) is 1. The van der Waals surface area contributed by atoms with Gasteiger partial charge in [0.25, 0.3) is 0 Å². The molecule has 36 heavy (non-hydrogen) atoms. The molecule has 1 aromatic carbocycles. The minimum absolute atomic E-state index is 0.00649. The molecule has 0 radical (unpaired) electrons. The normalized spacial score (nSPS) is 19.2. The summed E-state index contributed by atoms with van der Waals surface area (Å²) in [4.78, 5) is 15.9. The number of halogens is 3. The topological polar surface area (TPSA) is 88.6 Å². The molecule has 1 atom stereocenters. The number of aromatic nitrogens is 4. The lowest BCUT2D eigenvalue weighted by Gasteiger charge is -2.32. The molecule has 2 aliphatic heterocycles. The number of hydrogen-bond acceptors (Lipinski definition) is 6. The van der Waals surface area contributed by atoms with Crippen LogP contribution in [0.4, 0.5) is 13.2 Å². The average molecular weight is 502 g/mol. The van der Waals surface area contributed by atoms with Crippen LogP contribution in [0, 0.1) is 18.8 Å². The third-order valence-corrected chi connectivity index (χ3v) is 6.79. The van der Waals surface area contributed by atoms with Gasteiger partial charge in [-0.25, -0.2) is 0 Å². The molecule has 1 aromatic heterocycles. The first-order valence-electron chi connectivity index (χ1n) is 12.2. The Bertz CT molecular complexity index is 1190. The van der Waals surface area contributed by atoms with Crippen molar-refractivity contribution in [1.82, 2.24) is 25.1 Å². The number of alkyl halides is 3. The summed E-state index contributed by atoms with van der Waals surface area (Å²) in [5.74, 6) is 0.878. The van der Waals surface area contributed by atoms with Gasteiger partial charge in [-0.1, -0.05) is 19.9 Å². The van der Waals surface area contributed by atoms with Gasteiger partial charge >= 0.3 is 6.18 Å². The second-order valence-corrected chi connectivity index (χ2v) is 9.14. The summed E-state index contributed by atoms with van der Waals surface area (Å²) in [7, 11) is 0. The number of aryl methyl sites for hydroxylation is 1. The van der Waals surface area contributed by atoms with E-state index in [9.17, 15) is 18.0 Å². The van der Waals surface area contributed by atoms with Crippen LogP contribution in [-0.2, 0) is 17.5 Å². The number of rotatable bonds is 7. The number of carbonyl (C=O) groups excluding carboxylic acids is 1. The molecule has 192 valence electrons. The van der Waals surface area contributed by atoms with Gasteiger partial charge in [0.15, 0.2) is 5.82 Å². The highest BCUT2D eigenvalue weighted by Crippen LogP contribution is 2.32. The number of tetrazole rings is 1. The maximum absolute atomic E-state index is 13.3. The second-order valence-electron chi connectivity index (χ2n) is 9.14. The minimum atomic E-state index is -4.48. The molecule has 2 aliphatic rings. The van der Waals surface area contributed by atoms with Crippen molar-refractivity contribution in [1.29, 1.82) is 0 Å². The van der Waals surface area contributed by atoms with E-state index in [0.717, 1.165) is 49.2 Å². The molecular weight excluding hydrogens is 471 g/mol. The summed E-state index contributed by atoms with van der Waals surface area (Å²) in [5.41, 5.74) is 2.36. The van der Waals surface area contributed by atoms with Gasteiger partial charge < -0.3 is 4.90 Å². The van der Waals surface area contributed by atoms with Crippen molar-refractivity contribution >= 4 is 23.4 Å². The number of hydrogen-bond donors (Lipinski definition) is 0. The van der Waals surface area contributed by atoms with E-state index in [-0.39, 0.29) is 12.5 Å². The van der Waals surface area contributed by atoms with E-state index in [1.807, 2.05) is 0 Å². The molecule has 11 heteroatoms. The summed E-state index contributed by atoms with van der Waals surface area (Å²) < 4.78 is 39.9. The van der Waals surface area contributed by atoms with Crippen LogP contribution in [0.25, 0.3) is 6.08 Å². The molecule has 0 spiro atoms. The fraction of sp³-hybridized carbons (Fsp3) is 0.520. The van der Waals surface area contributed by atoms with E-state index in [0.29, 0.717) is 41.9 Å². The van der Waals surface area contributed by atoms with Crippen LogP contribution in [0.2, 0.25) is 0 Å². The number of carbonyl (C=O) groups is 1. The van der Waals surface area contributed by atoms with Gasteiger partial charge in [0, 0.05) is 36.7 Å². The van der Waals surface area contributed by atoms with Gasteiger partial charge in [0.2, 0.25) is 5.91 Å². The first-order chi connectivity index (χ1) is 17.2. The standard InChI is InChI=1S/C25H30F3N7O/c1-4-21-22(5-2)30-31-24(21)18-10-12-34(13-11-18)23(36)9-7-17-6-8-20(25(26,27)28)14-19(17)15-35-32-16(3)29-33-35/h6-9,14,18,21H,4-5,10-13,15H2,1-3H3/b9-7+. The summed E-state index contributed by atoms with van der Waals surface area (Å²) in [6, 6.07) is 3.44. The predicted molar refractivity (Wildman–Crippen MR) is 130 cm³/mol. The minimum Gasteiger partial charge on any atom is -0.339 e. The van der Waals surface area contributed by atoms with Crippen molar-refractivity contribution in [2.75, 3.05) is 13.1 Å². The Balaban J connectivity index is 1.43. The quantitative estimate of drug-likeness (QED) is 0.521. The molecule has 8 nitrogen and oxygen atoms in total. The van der Waals surface area contributed by atoms with Crippen LogP contribution in [0.3, 0.4) is 0 Å². The molecule has 3 heterocycles. The van der Waals surface area contributed by atoms with Gasteiger partial charge in [-0.3, -0.25) is 4.79 Å². The fourth-order valence-electron chi connectivity index (χ4n) is 4.85.